The molecule has 0 radical (unpaired) electrons. The van der Waals surface area contributed by atoms with Crippen LogP contribution in [-0.2, 0) is 14.6 Å². The van der Waals surface area contributed by atoms with E-state index >= 15 is 0 Å². The lowest BCUT2D eigenvalue weighted by Gasteiger charge is -2.15. The summed E-state index contributed by atoms with van der Waals surface area (Å²) < 4.78 is 23.3. The van der Waals surface area contributed by atoms with Crippen molar-refractivity contribution in [3.8, 4) is 0 Å². The van der Waals surface area contributed by atoms with Crippen molar-refractivity contribution in [2.45, 2.75) is 51.0 Å². The Labute approximate surface area is 80.4 Å². The van der Waals surface area contributed by atoms with Gasteiger partial charge in [0, 0.05) is 6.42 Å². The predicted molar refractivity (Wildman–Crippen MR) is 53.4 cm³/mol. The van der Waals surface area contributed by atoms with Crippen LogP contribution in [0.15, 0.2) is 0 Å². The number of Topliss-reactive ketones (excluding diaryl/α,β-unsaturated/α-hetero) is 1. The molecular weight excluding hydrogens is 188 g/mol. The molecule has 13 heavy (non-hydrogen) atoms. The van der Waals surface area contributed by atoms with Crippen LogP contribution in [0.5, 0.6) is 0 Å². The Morgan fingerprint density at radius 1 is 1.23 bits per heavy atom. The average molecular weight is 206 g/mol. The van der Waals surface area contributed by atoms with Crippen LogP contribution in [0.1, 0.15) is 40.5 Å². The van der Waals surface area contributed by atoms with E-state index in [0.717, 1.165) is 0 Å². The van der Waals surface area contributed by atoms with Gasteiger partial charge in [0.15, 0.2) is 9.84 Å². The number of ketones is 1. The second-order valence-electron chi connectivity index (χ2n) is 3.27. The molecule has 0 rings (SSSR count). The molecule has 0 N–H and O–H groups in total. The van der Waals surface area contributed by atoms with Crippen molar-refractivity contribution < 1.29 is 13.2 Å². The van der Waals surface area contributed by atoms with E-state index in [9.17, 15) is 13.2 Å². The first-order valence-electron chi connectivity index (χ1n) is 4.63. The van der Waals surface area contributed by atoms with Gasteiger partial charge in [0.2, 0.25) is 0 Å². The first-order chi connectivity index (χ1) is 5.87. The van der Waals surface area contributed by atoms with Crippen LogP contribution in [0.25, 0.3) is 0 Å². The largest absolute Gasteiger partial charge is 0.298 e. The topological polar surface area (TPSA) is 51.2 Å². The number of hydrogen-bond acceptors (Lipinski definition) is 3. The molecule has 0 aromatic heterocycles. The van der Waals surface area contributed by atoms with Crippen molar-refractivity contribution in [2.75, 3.05) is 0 Å². The molecule has 0 aliphatic carbocycles. The molecule has 4 heteroatoms. The van der Waals surface area contributed by atoms with Gasteiger partial charge in [-0.05, 0) is 20.3 Å². The quantitative estimate of drug-likeness (QED) is 0.686. The summed E-state index contributed by atoms with van der Waals surface area (Å²) in [7, 11) is -3.25. The van der Waals surface area contributed by atoms with Gasteiger partial charge in [-0.2, -0.15) is 0 Å². The summed E-state index contributed by atoms with van der Waals surface area (Å²) >= 11 is 0. The molecule has 0 aliphatic heterocycles. The lowest BCUT2D eigenvalue weighted by Crippen LogP contribution is -2.33. The molecule has 0 spiro atoms. The molecule has 78 valence electrons. The van der Waals surface area contributed by atoms with Crippen molar-refractivity contribution in [1.82, 2.24) is 0 Å². The molecular formula is C9H18O3S. The Morgan fingerprint density at radius 2 is 1.69 bits per heavy atom. The molecule has 0 saturated carbocycles. The zero-order valence-electron chi connectivity index (χ0n) is 8.70. The van der Waals surface area contributed by atoms with Gasteiger partial charge >= 0.3 is 0 Å². The smallest absolute Gasteiger partial charge is 0.162 e. The van der Waals surface area contributed by atoms with Crippen molar-refractivity contribution in [2.24, 2.45) is 0 Å². The van der Waals surface area contributed by atoms with Gasteiger partial charge in [0.25, 0.3) is 0 Å². The van der Waals surface area contributed by atoms with E-state index in [1.165, 1.54) is 6.92 Å². The zero-order chi connectivity index (χ0) is 10.6. The van der Waals surface area contributed by atoms with Crippen molar-refractivity contribution in [3.05, 3.63) is 0 Å². The third-order valence-electron chi connectivity index (χ3n) is 2.43. The van der Waals surface area contributed by atoms with Crippen LogP contribution in [0.2, 0.25) is 0 Å². The van der Waals surface area contributed by atoms with E-state index in [-0.39, 0.29) is 12.2 Å². The monoisotopic (exact) mass is 206 g/mol. The normalized spacial score (nSPS) is 16.6. The predicted octanol–water partition coefficient (Wildman–Crippen LogP) is 1.57. The molecule has 0 heterocycles. The molecule has 0 saturated heterocycles. The van der Waals surface area contributed by atoms with Gasteiger partial charge in [-0.25, -0.2) is 8.42 Å². The Balaban J connectivity index is 4.75. The Hall–Kier alpha value is -0.380. The van der Waals surface area contributed by atoms with E-state index in [1.807, 2.05) is 6.92 Å². The van der Waals surface area contributed by atoms with E-state index < -0.39 is 20.3 Å². The van der Waals surface area contributed by atoms with Crippen molar-refractivity contribution >= 4 is 15.6 Å². The summed E-state index contributed by atoms with van der Waals surface area (Å²) in [5, 5.41) is -1.26. The van der Waals surface area contributed by atoms with Crippen LogP contribution >= 0.6 is 0 Å². The second kappa shape index (κ2) is 4.74. The maximum atomic E-state index is 11.6. The highest BCUT2D eigenvalue weighted by atomic mass is 32.2. The maximum absolute atomic E-state index is 11.6. The van der Waals surface area contributed by atoms with Crippen molar-refractivity contribution in [3.63, 3.8) is 0 Å². The molecule has 2 unspecified atom stereocenters. The minimum atomic E-state index is -3.25. The SMILES string of the molecule is CCC(=O)C(C)S(=O)(=O)C(C)CC. The Kier molecular flexibility index (Phi) is 4.61. The fourth-order valence-corrected chi connectivity index (χ4v) is 2.75. The lowest BCUT2D eigenvalue weighted by molar-refractivity contribution is -0.118. The molecule has 0 aromatic carbocycles. The van der Waals surface area contributed by atoms with E-state index in [4.69, 9.17) is 0 Å². The van der Waals surface area contributed by atoms with Gasteiger partial charge < -0.3 is 0 Å². The maximum Gasteiger partial charge on any atom is 0.162 e. The molecule has 0 amide bonds. The van der Waals surface area contributed by atoms with Gasteiger partial charge in [-0.3, -0.25) is 4.79 Å². The highest BCUT2D eigenvalue weighted by Gasteiger charge is 2.30. The summed E-state index contributed by atoms with van der Waals surface area (Å²) in [5.41, 5.74) is 0. The van der Waals surface area contributed by atoms with E-state index in [1.54, 1.807) is 13.8 Å². The standard InChI is InChI=1S/C9H18O3S/c1-5-7(3)13(11,12)8(4)9(10)6-2/h7-8H,5-6H2,1-4H3. The highest BCUT2D eigenvalue weighted by molar-refractivity contribution is 7.93. The average Bonchev–Trinajstić information content (AvgIpc) is 2.13. The molecule has 0 aromatic rings. The second-order valence-corrected chi connectivity index (χ2v) is 5.96. The third-order valence-corrected chi connectivity index (χ3v) is 5.13. The Morgan fingerprint density at radius 3 is 2.00 bits per heavy atom. The number of sulfone groups is 1. The summed E-state index contributed by atoms with van der Waals surface area (Å²) in [6.45, 7) is 6.62. The van der Waals surface area contributed by atoms with Gasteiger partial charge in [0.1, 0.15) is 11.0 Å². The van der Waals surface area contributed by atoms with Crippen LogP contribution in [0.3, 0.4) is 0 Å². The van der Waals surface area contributed by atoms with Gasteiger partial charge in [-0.1, -0.05) is 13.8 Å². The van der Waals surface area contributed by atoms with Crippen molar-refractivity contribution in [1.29, 1.82) is 0 Å². The van der Waals surface area contributed by atoms with Crippen LogP contribution in [0, 0.1) is 0 Å². The molecule has 2 atom stereocenters. The lowest BCUT2D eigenvalue weighted by atomic mass is 10.2. The summed E-state index contributed by atoms with van der Waals surface area (Å²) in [5.74, 6) is -0.194. The molecule has 0 fully saturated rings. The zero-order valence-corrected chi connectivity index (χ0v) is 9.52. The number of carbonyl (C=O) groups excluding carboxylic acids is 1. The molecule has 0 bridgehead atoms. The van der Waals surface area contributed by atoms with Gasteiger partial charge in [-0.15, -0.1) is 0 Å². The van der Waals surface area contributed by atoms with E-state index in [0.29, 0.717) is 6.42 Å². The molecule has 3 nitrogen and oxygen atoms in total. The molecule has 0 aliphatic rings. The fraction of sp³-hybridized carbons (Fsp3) is 0.889. The van der Waals surface area contributed by atoms with E-state index in [2.05, 4.69) is 0 Å². The Bertz CT molecular complexity index is 267. The third kappa shape index (κ3) is 2.79. The van der Waals surface area contributed by atoms with Crippen LogP contribution < -0.4 is 0 Å². The number of rotatable bonds is 5. The number of carbonyl (C=O) groups is 1. The minimum Gasteiger partial charge on any atom is -0.298 e. The highest BCUT2D eigenvalue weighted by Crippen LogP contribution is 2.13. The van der Waals surface area contributed by atoms with Gasteiger partial charge in [0.05, 0.1) is 5.25 Å². The first-order valence-corrected chi connectivity index (χ1v) is 6.24. The van der Waals surface area contributed by atoms with Crippen LogP contribution in [0.4, 0.5) is 0 Å². The minimum absolute atomic E-state index is 0.194. The summed E-state index contributed by atoms with van der Waals surface area (Å²) in [4.78, 5) is 11.2. The summed E-state index contributed by atoms with van der Waals surface area (Å²) in [6, 6.07) is 0. The summed E-state index contributed by atoms with van der Waals surface area (Å²) in [6.07, 6.45) is 0.848. The van der Waals surface area contributed by atoms with Crippen LogP contribution in [-0.4, -0.2) is 24.7 Å². The first kappa shape index (κ1) is 12.6. The fourth-order valence-electron chi connectivity index (χ4n) is 1.05. The number of hydrogen-bond donors (Lipinski definition) is 0.